The summed E-state index contributed by atoms with van der Waals surface area (Å²) in [7, 11) is 0. The van der Waals surface area contributed by atoms with Gasteiger partial charge >= 0.3 is 0 Å². The molecule has 4 fully saturated rings. The van der Waals surface area contributed by atoms with Gasteiger partial charge in [0.25, 0.3) is 0 Å². The van der Waals surface area contributed by atoms with Crippen molar-refractivity contribution in [1.82, 2.24) is 10.2 Å². The Morgan fingerprint density at radius 2 is 1.69 bits per heavy atom. The SMILES string of the molecule is O=C(C1CCC1)N1C[C@@H]2N[C@H](C1)C2c1ccc(-c2ccccc2F)cc1. The van der Waals surface area contributed by atoms with E-state index in [0.29, 0.717) is 29.5 Å². The number of fused-ring (bicyclic) bond motifs is 2. The van der Waals surface area contributed by atoms with Gasteiger partial charge in [-0.3, -0.25) is 4.79 Å². The molecule has 4 heteroatoms. The Morgan fingerprint density at radius 1 is 1.00 bits per heavy atom. The summed E-state index contributed by atoms with van der Waals surface area (Å²) in [6, 6.07) is 15.8. The number of piperazine rings is 1. The number of benzene rings is 2. The highest BCUT2D eigenvalue weighted by Crippen LogP contribution is 2.39. The van der Waals surface area contributed by atoms with Crippen molar-refractivity contribution in [2.75, 3.05) is 13.1 Å². The Bertz CT molecular complexity index is 818. The van der Waals surface area contributed by atoms with Gasteiger partial charge in [0.1, 0.15) is 5.82 Å². The minimum absolute atomic E-state index is 0.187. The second-order valence-corrected chi connectivity index (χ2v) is 7.88. The zero-order valence-corrected chi connectivity index (χ0v) is 14.7. The number of amides is 1. The van der Waals surface area contributed by atoms with E-state index in [1.54, 1.807) is 6.07 Å². The normalized spacial score (nSPS) is 27.6. The van der Waals surface area contributed by atoms with Crippen LogP contribution in [0.4, 0.5) is 4.39 Å². The highest BCUT2D eigenvalue weighted by Gasteiger charge is 2.48. The van der Waals surface area contributed by atoms with Crippen LogP contribution in [0.5, 0.6) is 0 Å². The van der Waals surface area contributed by atoms with Crippen molar-refractivity contribution in [3.05, 3.63) is 59.9 Å². The van der Waals surface area contributed by atoms with Crippen LogP contribution in [0.1, 0.15) is 30.7 Å². The molecule has 2 aromatic rings. The Labute approximate surface area is 153 Å². The van der Waals surface area contributed by atoms with Gasteiger partial charge in [0, 0.05) is 42.6 Å². The number of hydrogen-bond donors (Lipinski definition) is 1. The maximum Gasteiger partial charge on any atom is 0.225 e. The predicted octanol–water partition coefficient (Wildman–Crippen LogP) is 3.56. The lowest BCUT2D eigenvalue weighted by Gasteiger charge is -2.55. The van der Waals surface area contributed by atoms with Crippen LogP contribution in [-0.4, -0.2) is 36.0 Å². The zero-order valence-electron chi connectivity index (χ0n) is 14.7. The maximum atomic E-state index is 14.0. The first-order chi connectivity index (χ1) is 12.7. The minimum atomic E-state index is -0.187. The van der Waals surface area contributed by atoms with E-state index in [0.717, 1.165) is 31.5 Å². The Hall–Kier alpha value is -2.20. The van der Waals surface area contributed by atoms with Crippen LogP contribution in [0.3, 0.4) is 0 Å². The van der Waals surface area contributed by atoms with E-state index in [9.17, 15) is 9.18 Å². The van der Waals surface area contributed by atoms with E-state index < -0.39 is 0 Å². The average Bonchev–Trinajstić information content (AvgIpc) is 2.61. The van der Waals surface area contributed by atoms with Crippen LogP contribution in [0, 0.1) is 11.7 Å². The molecule has 3 nitrogen and oxygen atoms in total. The summed E-state index contributed by atoms with van der Waals surface area (Å²) in [6.07, 6.45) is 3.34. The first-order valence-electron chi connectivity index (χ1n) is 9.60. The van der Waals surface area contributed by atoms with Crippen molar-refractivity contribution in [3.63, 3.8) is 0 Å². The summed E-state index contributed by atoms with van der Waals surface area (Å²) >= 11 is 0. The van der Waals surface area contributed by atoms with E-state index in [-0.39, 0.29) is 11.7 Å². The predicted molar refractivity (Wildman–Crippen MR) is 99.2 cm³/mol. The molecule has 3 heterocycles. The van der Waals surface area contributed by atoms with E-state index in [1.165, 1.54) is 18.1 Å². The fourth-order valence-corrected chi connectivity index (χ4v) is 4.66. The summed E-state index contributed by atoms with van der Waals surface area (Å²) in [5.41, 5.74) is 2.84. The summed E-state index contributed by atoms with van der Waals surface area (Å²) in [6.45, 7) is 1.62. The third kappa shape index (κ3) is 2.55. The first-order valence-corrected chi connectivity index (χ1v) is 9.60. The fourth-order valence-electron chi connectivity index (χ4n) is 4.66. The van der Waals surface area contributed by atoms with E-state index in [4.69, 9.17) is 0 Å². The molecule has 0 spiro atoms. The van der Waals surface area contributed by atoms with E-state index in [1.807, 2.05) is 24.3 Å². The molecule has 1 amide bonds. The largest absolute Gasteiger partial charge is 0.339 e. The Kier molecular flexibility index (Phi) is 3.82. The van der Waals surface area contributed by atoms with Gasteiger partial charge < -0.3 is 10.2 Å². The van der Waals surface area contributed by atoms with Gasteiger partial charge in [-0.15, -0.1) is 0 Å². The summed E-state index contributed by atoms with van der Waals surface area (Å²) in [5, 5.41) is 3.59. The number of rotatable bonds is 3. The standard InChI is InChI=1S/C22H23FN2O/c23-18-7-2-1-6-17(18)14-8-10-15(11-9-14)21-19-12-25(13-20(21)24-19)22(26)16-4-3-5-16/h1-2,6-11,16,19-21,24H,3-5,12-13H2/t19-,20+,21?. The molecule has 3 saturated heterocycles. The average molecular weight is 350 g/mol. The number of hydrogen-bond acceptors (Lipinski definition) is 2. The molecule has 3 atom stereocenters. The van der Waals surface area contributed by atoms with Crippen molar-refractivity contribution in [2.45, 2.75) is 37.3 Å². The van der Waals surface area contributed by atoms with Crippen molar-refractivity contribution >= 4 is 5.91 Å². The molecule has 2 aromatic carbocycles. The van der Waals surface area contributed by atoms with Crippen LogP contribution in [0.15, 0.2) is 48.5 Å². The molecule has 0 radical (unpaired) electrons. The first kappa shape index (κ1) is 16.0. The molecule has 2 bridgehead atoms. The highest BCUT2D eigenvalue weighted by molar-refractivity contribution is 5.80. The van der Waals surface area contributed by atoms with Gasteiger partial charge in [-0.05, 0) is 30.0 Å². The number of carbonyl (C=O) groups excluding carboxylic acids is 1. The van der Waals surface area contributed by atoms with Gasteiger partial charge in [-0.25, -0.2) is 4.39 Å². The molecular formula is C22H23FN2O. The fraction of sp³-hybridized carbons (Fsp3) is 0.409. The van der Waals surface area contributed by atoms with Gasteiger partial charge in [-0.1, -0.05) is 48.9 Å². The molecule has 134 valence electrons. The van der Waals surface area contributed by atoms with E-state index >= 15 is 0 Å². The van der Waals surface area contributed by atoms with Crippen molar-refractivity contribution in [2.24, 2.45) is 5.92 Å². The Morgan fingerprint density at radius 3 is 2.31 bits per heavy atom. The van der Waals surface area contributed by atoms with Crippen LogP contribution in [0.2, 0.25) is 0 Å². The third-order valence-corrected chi connectivity index (χ3v) is 6.38. The lowest BCUT2D eigenvalue weighted by Crippen LogP contribution is -2.72. The Balaban J connectivity index is 1.30. The summed E-state index contributed by atoms with van der Waals surface area (Å²) in [4.78, 5) is 14.6. The van der Waals surface area contributed by atoms with Gasteiger partial charge in [0.2, 0.25) is 5.91 Å². The smallest absolute Gasteiger partial charge is 0.225 e. The third-order valence-electron chi connectivity index (χ3n) is 6.38. The second kappa shape index (κ2) is 6.20. The molecule has 26 heavy (non-hydrogen) atoms. The molecule has 6 rings (SSSR count). The van der Waals surface area contributed by atoms with Gasteiger partial charge in [0.05, 0.1) is 0 Å². The number of halogens is 1. The molecule has 4 aliphatic rings. The lowest BCUT2D eigenvalue weighted by atomic mass is 9.73. The molecule has 3 aliphatic heterocycles. The molecule has 1 unspecified atom stereocenters. The highest BCUT2D eigenvalue weighted by atomic mass is 19.1. The lowest BCUT2D eigenvalue weighted by molar-refractivity contribution is -0.143. The van der Waals surface area contributed by atoms with Gasteiger partial charge in [0.15, 0.2) is 0 Å². The van der Waals surface area contributed by atoms with Crippen LogP contribution < -0.4 is 5.32 Å². The maximum absolute atomic E-state index is 14.0. The molecule has 1 N–H and O–H groups in total. The quantitative estimate of drug-likeness (QED) is 0.918. The summed E-state index contributed by atoms with van der Waals surface area (Å²) < 4.78 is 14.0. The van der Waals surface area contributed by atoms with Crippen molar-refractivity contribution < 1.29 is 9.18 Å². The monoisotopic (exact) mass is 350 g/mol. The molecular weight excluding hydrogens is 327 g/mol. The number of nitrogens with one attached hydrogen (secondary N) is 1. The number of nitrogens with zero attached hydrogens (tertiary/aromatic N) is 1. The number of piperidine rings is 1. The van der Waals surface area contributed by atoms with E-state index in [2.05, 4.69) is 22.3 Å². The molecule has 1 aliphatic carbocycles. The minimum Gasteiger partial charge on any atom is -0.339 e. The van der Waals surface area contributed by atoms with Crippen LogP contribution in [0.25, 0.3) is 11.1 Å². The second-order valence-electron chi connectivity index (χ2n) is 7.88. The molecule has 0 aromatic heterocycles. The van der Waals surface area contributed by atoms with Crippen LogP contribution in [-0.2, 0) is 4.79 Å². The van der Waals surface area contributed by atoms with Gasteiger partial charge in [-0.2, -0.15) is 0 Å². The topological polar surface area (TPSA) is 32.3 Å². The zero-order chi connectivity index (χ0) is 17.7. The number of carbonyl (C=O) groups is 1. The van der Waals surface area contributed by atoms with Crippen molar-refractivity contribution in [3.8, 4) is 11.1 Å². The molecule has 1 saturated carbocycles. The van der Waals surface area contributed by atoms with Crippen molar-refractivity contribution in [1.29, 1.82) is 0 Å². The van der Waals surface area contributed by atoms with Crippen LogP contribution >= 0.6 is 0 Å². The summed E-state index contributed by atoms with van der Waals surface area (Å²) in [5.74, 6) is 0.912.